The molecule has 0 amide bonds. The van der Waals surface area contributed by atoms with Crippen LogP contribution in [0.5, 0.6) is 0 Å². The van der Waals surface area contributed by atoms with Gasteiger partial charge in [-0.25, -0.2) is 0 Å². The first-order valence-electron chi connectivity index (χ1n) is 2.56. The summed E-state index contributed by atoms with van der Waals surface area (Å²) in [6.45, 7) is 3.63. The zero-order chi connectivity index (χ0) is 8.41. The number of rotatable bonds is 3. The van der Waals surface area contributed by atoms with Crippen LogP contribution < -0.4 is 0 Å². The van der Waals surface area contributed by atoms with Gasteiger partial charge in [-0.3, -0.25) is 0 Å². The van der Waals surface area contributed by atoms with Crippen LogP contribution in [0.4, 0.5) is 0 Å². The molecule has 10 heavy (non-hydrogen) atoms. The van der Waals surface area contributed by atoms with Crippen LogP contribution in [-0.4, -0.2) is 0 Å². The van der Waals surface area contributed by atoms with Crippen molar-refractivity contribution in [1.29, 1.82) is 0 Å². The van der Waals surface area contributed by atoms with Crippen molar-refractivity contribution >= 4 is 23.2 Å². The Bertz CT molecular complexity index is 91.6. The van der Waals surface area contributed by atoms with E-state index in [1.54, 1.807) is 0 Å². The van der Waals surface area contributed by atoms with Crippen molar-refractivity contribution in [3.8, 4) is 0 Å². The summed E-state index contributed by atoms with van der Waals surface area (Å²) in [4.78, 5) is 0.462. The zero-order valence-electron chi connectivity index (χ0n) is 5.31. The molecule has 0 radical (unpaired) electrons. The van der Waals surface area contributed by atoms with Gasteiger partial charge >= 0.3 is 25.3 Å². The Morgan fingerprint density at radius 1 is 1.40 bits per heavy atom. The molecule has 0 atom stereocenters. The summed E-state index contributed by atoms with van der Waals surface area (Å²) < 4.78 is 17.0. The van der Waals surface area contributed by atoms with Crippen molar-refractivity contribution < 1.29 is 25.3 Å². The summed E-state index contributed by atoms with van der Waals surface area (Å²) in [7, 11) is 0. The monoisotopic (exact) mass is 268 g/mol. The van der Waals surface area contributed by atoms with Crippen LogP contribution in [0.3, 0.4) is 0 Å². The second kappa shape index (κ2) is 12.5. The van der Waals surface area contributed by atoms with Crippen LogP contribution >= 0.6 is 23.2 Å². The fourth-order valence-corrected chi connectivity index (χ4v) is 0.526. The third-order valence-electron chi connectivity index (χ3n) is 0.616. The zero-order valence-corrected chi connectivity index (χ0v) is 8.83. The summed E-state index contributed by atoms with van der Waals surface area (Å²) in [5, 5.41) is 0. The molecular weight excluding hydrogens is 259 g/mol. The standard InChI is InChI=1S/C5H8Cl2.Mo.2O/c1-2-3-4-5(6)7;;;/h1-4H2;;;/q-2;+2;;. The molecule has 0 rings (SSSR count). The van der Waals surface area contributed by atoms with Crippen LogP contribution in [0.1, 0.15) is 19.3 Å². The second-order valence-corrected chi connectivity index (χ2v) is 2.80. The second-order valence-electron chi connectivity index (χ2n) is 1.36. The van der Waals surface area contributed by atoms with E-state index in [-0.39, 0.29) is 0 Å². The fraction of sp³-hybridized carbons (Fsp3) is 0.600. The minimum atomic E-state index is -2.03. The molecule has 0 aromatic heterocycles. The van der Waals surface area contributed by atoms with Gasteiger partial charge in [0.15, 0.2) is 0 Å². The van der Waals surface area contributed by atoms with E-state index >= 15 is 0 Å². The molecule has 0 unspecified atom stereocenters. The van der Waals surface area contributed by atoms with Gasteiger partial charge in [0.25, 0.3) is 0 Å². The quantitative estimate of drug-likeness (QED) is 0.582. The Kier molecular flexibility index (Phi) is 16.9. The molecule has 0 aromatic carbocycles. The molecule has 0 aliphatic rings. The summed E-state index contributed by atoms with van der Waals surface area (Å²) in [5.74, 6) is 0. The molecule has 0 aliphatic carbocycles. The predicted molar refractivity (Wildman–Crippen MR) is 35.5 cm³/mol. The summed E-state index contributed by atoms with van der Waals surface area (Å²) >= 11 is 8.59. The van der Waals surface area contributed by atoms with Crippen molar-refractivity contribution in [3.05, 3.63) is 11.8 Å². The molecule has 0 fully saturated rings. The van der Waals surface area contributed by atoms with Gasteiger partial charge in [-0.1, -0.05) is 0 Å². The summed E-state index contributed by atoms with van der Waals surface area (Å²) in [5.41, 5.74) is 0. The molecule has 0 saturated heterocycles. The Hall–Kier alpha value is 0.868. The minimum absolute atomic E-state index is 0.462. The Morgan fingerprint density at radius 2 is 1.80 bits per heavy atom. The third kappa shape index (κ3) is 23.2. The molecule has 0 N–H and O–H groups in total. The topological polar surface area (TPSA) is 34.1 Å². The van der Waals surface area contributed by atoms with Gasteiger partial charge < -0.3 is 30.1 Å². The van der Waals surface area contributed by atoms with Crippen molar-refractivity contribution in [2.24, 2.45) is 0 Å². The number of halogens is 2. The van der Waals surface area contributed by atoms with E-state index in [0.717, 1.165) is 19.3 Å². The molecule has 0 spiro atoms. The number of hydrogen-bond donors (Lipinski definition) is 0. The normalized spacial score (nSPS) is 8.00. The predicted octanol–water partition coefficient (Wildman–Crippen LogP) is 2.72. The van der Waals surface area contributed by atoms with Gasteiger partial charge in [-0.05, 0) is 0 Å². The van der Waals surface area contributed by atoms with Gasteiger partial charge in [0.05, 0.1) is 0 Å². The molecule has 60 valence electrons. The molecule has 5 heteroatoms. The third-order valence-corrected chi connectivity index (χ3v) is 0.994. The Morgan fingerprint density at radius 3 is 1.90 bits per heavy atom. The van der Waals surface area contributed by atoms with E-state index in [1.165, 1.54) is 0 Å². The maximum absolute atomic E-state index is 8.50. The maximum atomic E-state index is 8.50. The van der Waals surface area contributed by atoms with Crippen molar-refractivity contribution in [3.63, 3.8) is 0 Å². The van der Waals surface area contributed by atoms with Crippen LogP contribution in [0, 0.1) is 11.8 Å². The Balaban J connectivity index is 0. The molecular formula is C5H8Cl2MoO2. The van der Waals surface area contributed by atoms with Gasteiger partial charge in [-0.2, -0.15) is 12.8 Å². The van der Waals surface area contributed by atoms with Gasteiger partial charge in [0, 0.05) is 0 Å². The van der Waals surface area contributed by atoms with E-state index in [9.17, 15) is 0 Å². The van der Waals surface area contributed by atoms with Crippen molar-refractivity contribution in [2.75, 3.05) is 0 Å². The molecule has 0 saturated carbocycles. The van der Waals surface area contributed by atoms with E-state index in [1.807, 2.05) is 0 Å². The van der Waals surface area contributed by atoms with Crippen LogP contribution in [0.15, 0.2) is 0 Å². The van der Waals surface area contributed by atoms with Crippen LogP contribution in [0.25, 0.3) is 0 Å². The summed E-state index contributed by atoms with van der Waals surface area (Å²) in [6, 6.07) is 0. The van der Waals surface area contributed by atoms with Crippen LogP contribution in [0.2, 0.25) is 0 Å². The van der Waals surface area contributed by atoms with Crippen LogP contribution in [-0.2, 0) is 25.3 Å². The average molecular weight is 267 g/mol. The molecule has 2 nitrogen and oxygen atoms in total. The number of hydrogen-bond acceptors (Lipinski definition) is 2. The Labute approximate surface area is 79.4 Å². The first kappa shape index (κ1) is 13.5. The molecule has 0 heterocycles. The summed E-state index contributed by atoms with van der Waals surface area (Å²) in [6.07, 6.45) is 2.68. The average Bonchev–Trinajstić information content (AvgIpc) is 1.85. The van der Waals surface area contributed by atoms with Crippen molar-refractivity contribution in [1.82, 2.24) is 0 Å². The molecule has 0 bridgehead atoms. The number of unbranched alkanes of at least 4 members (excludes halogenated alkanes) is 1. The first-order valence-corrected chi connectivity index (χ1v) is 4.96. The molecule has 0 aromatic rings. The van der Waals surface area contributed by atoms with Gasteiger partial charge in [-0.15, -0.1) is 11.3 Å². The van der Waals surface area contributed by atoms with E-state index in [2.05, 4.69) is 6.92 Å². The fourth-order valence-electron chi connectivity index (χ4n) is 0.259. The van der Waals surface area contributed by atoms with E-state index < -0.39 is 18.5 Å². The van der Waals surface area contributed by atoms with Gasteiger partial charge in [0.1, 0.15) is 0 Å². The van der Waals surface area contributed by atoms with E-state index in [0.29, 0.717) is 4.84 Å². The molecule has 0 aliphatic heterocycles. The SMILES string of the molecule is [CH2-]CCC[C-](Cl)Cl.[O]=[Mo+2]=[O]. The van der Waals surface area contributed by atoms with E-state index in [4.69, 9.17) is 30.0 Å². The van der Waals surface area contributed by atoms with Crippen molar-refractivity contribution in [2.45, 2.75) is 19.3 Å². The first-order chi connectivity index (χ1) is 4.68. The van der Waals surface area contributed by atoms with Gasteiger partial charge in [0.2, 0.25) is 0 Å².